The van der Waals surface area contributed by atoms with Crippen LogP contribution in [-0.2, 0) is 4.79 Å². The van der Waals surface area contributed by atoms with Gasteiger partial charge in [-0.1, -0.05) is 18.5 Å². The lowest BCUT2D eigenvalue weighted by molar-refractivity contribution is -0.119. The zero-order valence-corrected chi connectivity index (χ0v) is 10.5. The van der Waals surface area contributed by atoms with E-state index in [1.54, 1.807) is 0 Å². The van der Waals surface area contributed by atoms with E-state index in [-0.39, 0.29) is 16.8 Å². The van der Waals surface area contributed by atoms with E-state index in [1.807, 2.05) is 18.7 Å². The summed E-state index contributed by atoms with van der Waals surface area (Å²) in [6.45, 7) is 5.12. The molecule has 1 aliphatic heterocycles. The first-order valence-electron chi connectivity index (χ1n) is 5.57. The van der Waals surface area contributed by atoms with Crippen molar-refractivity contribution in [3.05, 3.63) is 23.0 Å². The summed E-state index contributed by atoms with van der Waals surface area (Å²) < 4.78 is 13.5. The Morgan fingerprint density at radius 2 is 2.29 bits per heavy atom. The first-order chi connectivity index (χ1) is 8.02. The minimum absolute atomic E-state index is 0.0228. The third-order valence-electron chi connectivity index (χ3n) is 2.96. The summed E-state index contributed by atoms with van der Waals surface area (Å²) >= 11 is 5.73. The number of carbonyl (C=O) groups is 1. The fourth-order valence-corrected chi connectivity index (χ4v) is 2.13. The number of nitrogens with zero attached hydrogens (tertiary/aromatic N) is 1. The molecule has 1 unspecified atom stereocenters. The van der Waals surface area contributed by atoms with Gasteiger partial charge in [-0.15, -0.1) is 0 Å². The second kappa shape index (κ2) is 4.53. The third kappa shape index (κ3) is 2.22. The molecule has 0 fully saturated rings. The lowest BCUT2D eigenvalue weighted by atomic mass is 10.1. The van der Waals surface area contributed by atoms with Gasteiger partial charge < -0.3 is 10.2 Å². The predicted octanol–water partition coefficient (Wildman–Crippen LogP) is 2.89. The van der Waals surface area contributed by atoms with Crippen LogP contribution in [-0.4, -0.2) is 19.0 Å². The fraction of sp³-hybridized carbons (Fsp3) is 0.417. The van der Waals surface area contributed by atoms with Crippen molar-refractivity contribution in [2.45, 2.75) is 13.8 Å². The smallest absolute Gasteiger partial charge is 0.229 e. The maximum atomic E-state index is 13.5. The molecule has 0 saturated carbocycles. The van der Waals surface area contributed by atoms with Gasteiger partial charge in [-0.05, 0) is 13.0 Å². The molecule has 1 aliphatic rings. The highest BCUT2D eigenvalue weighted by molar-refractivity contribution is 6.31. The molecule has 1 aromatic carbocycles. The predicted molar refractivity (Wildman–Crippen MR) is 67.1 cm³/mol. The van der Waals surface area contributed by atoms with E-state index < -0.39 is 5.82 Å². The summed E-state index contributed by atoms with van der Waals surface area (Å²) in [6, 6.07) is 2.84. The maximum absolute atomic E-state index is 13.5. The van der Waals surface area contributed by atoms with Crippen LogP contribution in [0.1, 0.15) is 13.8 Å². The van der Waals surface area contributed by atoms with Gasteiger partial charge in [0.25, 0.3) is 0 Å². The van der Waals surface area contributed by atoms with Crippen LogP contribution in [0, 0.1) is 11.7 Å². The minimum atomic E-state index is -0.465. The molecular weight excluding hydrogens is 243 g/mol. The van der Waals surface area contributed by atoms with E-state index in [0.29, 0.717) is 24.5 Å². The number of anilines is 2. The van der Waals surface area contributed by atoms with Crippen LogP contribution in [0.15, 0.2) is 12.1 Å². The molecule has 1 amide bonds. The van der Waals surface area contributed by atoms with Crippen LogP contribution in [0.5, 0.6) is 0 Å². The third-order valence-corrected chi connectivity index (χ3v) is 3.25. The molecule has 0 saturated heterocycles. The van der Waals surface area contributed by atoms with Crippen molar-refractivity contribution in [3.63, 3.8) is 0 Å². The SMILES string of the molecule is CCN1CC(C)C(=O)Nc2cc(Cl)c(F)cc21. The topological polar surface area (TPSA) is 32.3 Å². The van der Waals surface area contributed by atoms with Crippen LogP contribution in [0.3, 0.4) is 0 Å². The molecule has 17 heavy (non-hydrogen) atoms. The van der Waals surface area contributed by atoms with Crippen molar-refractivity contribution in [3.8, 4) is 0 Å². The van der Waals surface area contributed by atoms with Gasteiger partial charge in [0.15, 0.2) is 0 Å². The van der Waals surface area contributed by atoms with Gasteiger partial charge in [-0.2, -0.15) is 0 Å². The molecule has 1 heterocycles. The molecule has 0 aliphatic carbocycles. The van der Waals surface area contributed by atoms with Gasteiger partial charge in [0, 0.05) is 19.2 Å². The molecule has 1 N–H and O–H groups in total. The number of rotatable bonds is 1. The number of fused-ring (bicyclic) bond motifs is 1. The van der Waals surface area contributed by atoms with Crippen molar-refractivity contribution < 1.29 is 9.18 Å². The van der Waals surface area contributed by atoms with Gasteiger partial charge in [-0.3, -0.25) is 4.79 Å². The highest BCUT2D eigenvalue weighted by Crippen LogP contribution is 2.34. The summed E-state index contributed by atoms with van der Waals surface area (Å²) in [5.74, 6) is -0.665. The van der Waals surface area contributed by atoms with Crippen LogP contribution in [0.4, 0.5) is 15.8 Å². The van der Waals surface area contributed by atoms with Crippen molar-refractivity contribution in [1.29, 1.82) is 0 Å². The molecule has 0 radical (unpaired) electrons. The first kappa shape index (κ1) is 12.2. The Bertz CT molecular complexity index is 464. The zero-order valence-electron chi connectivity index (χ0n) is 9.76. The molecule has 0 bridgehead atoms. The number of hydrogen-bond acceptors (Lipinski definition) is 2. The van der Waals surface area contributed by atoms with Crippen molar-refractivity contribution >= 4 is 28.9 Å². The Morgan fingerprint density at radius 3 is 2.94 bits per heavy atom. The standard InChI is InChI=1S/C12H14ClFN2O/c1-3-16-6-7(2)12(17)15-10-4-8(13)9(14)5-11(10)16/h4-5,7H,3,6H2,1-2H3,(H,15,17). The molecule has 1 aromatic rings. The number of amides is 1. The summed E-state index contributed by atoms with van der Waals surface area (Å²) in [5.41, 5.74) is 1.26. The van der Waals surface area contributed by atoms with Gasteiger partial charge in [0.05, 0.1) is 22.3 Å². The second-order valence-corrected chi connectivity index (χ2v) is 4.62. The summed E-state index contributed by atoms with van der Waals surface area (Å²) in [6.07, 6.45) is 0. The van der Waals surface area contributed by atoms with E-state index in [0.717, 1.165) is 0 Å². The first-order valence-corrected chi connectivity index (χ1v) is 5.95. The van der Waals surface area contributed by atoms with E-state index >= 15 is 0 Å². The summed E-state index contributed by atoms with van der Waals surface area (Å²) in [4.78, 5) is 13.7. The molecule has 5 heteroatoms. The maximum Gasteiger partial charge on any atom is 0.229 e. The van der Waals surface area contributed by atoms with E-state index in [2.05, 4.69) is 5.32 Å². The Morgan fingerprint density at radius 1 is 1.59 bits per heavy atom. The van der Waals surface area contributed by atoms with Crippen molar-refractivity contribution in [1.82, 2.24) is 0 Å². The normalized spacial score (nSPS) is 19.6. The number of benzene rings is 1. The van der Waals surface area contributed by atoms with Crippen LogP contribution in [0.25, 0.3) is 0 Å². The Balaban J connectivity index is 2.52. The Kier molecular flexibility index (Phi) is 3.24. The van der Waals surface area contributed by atoms with E-state index in [9.17, 15) is 9.18 Å². The van der Waals surface area contributed by atoms with Gasteiger partial charge in [0.2, 0.25) is 5.91 Å². The highest BCUT2D eigenvalue weighted by atomic mass is 35.5. The van der Waals surface area contributed by atoms with Gasteiger partial charge >= 0.3 is 0 Å². The van der Waals surface area contributed by atoms with E-state index in [1.165, 1.54) is 12.1 Å². The Labute approximate surface area is 105 Å². The van der Waals surface area contributed by atoms with Crippen molar-refractivity contribution in [2.75, 3.05) is 23.3 Å². The zero-order chi connectivity index (χ0) is 12.6. The van der Waals surface area contributed by atoms with E-state index in [4.69, 9.17) is 11.6 Å². The number of carbonyl (C=O) groups excluding carboxylic acids is 1. The lowest BCUT2D eigenvalue weighted by Crippen LogP contribution is -2.30. The highest BCUT2D eigenvalue weighted by Gasteiger charge is 2.25. The lowest BCUT2D eigenvalue weighted by Gasteiger charge is -2.23. The van der Waals surface area contributed by atoms with Gasteiger partial charge in [0.1, 0.15) is 5.82 Å². The molecule has 2 rings (SSSR count). The Hall–Kier alpha value is -1.29. The molecule has 1 atom stereocenters. The number of halogens is 2. The summed E-state index contributed by atoms with van der Waals surface area (Å²) in [5, 5.41) is 2.80. The monoisotopic (exact) mass is 256 g/mol. The fourth-order valence-electron chi connectivity index (χ4n) is 1.97. The minimum Gasteiger partial charge on any atom is -0.369 e. The van der Waals surface area contributed by atoms with Crippen LogP contribution >= 0.6 is 11.6 Å². The van der Waals surface area contributed by atoms with Crippen LogP contribution < -0.4 is 10.2 Å². The molecule has 3 nitrogen and oxygen atoms in total. The number of nitrogens with one attached hydrogen (secondary N) is 1. The largest absolute Gasteiger partial charge is 0.369 e. The molecule has 0 spiro atoms. The van der Waals surface area contributed by atoms with Gasteiger partial charge in [-0.25, -0.2) is 4.39 Å². The average molecular weight is 257 g/mol. The molecule has 92 valence electrons. The summed E-state index contributed by atoms with van der Waals surface area (Å²) in [7, 11) is 0. The molecular formula is C12H14ClFN2O. The average Bonchev–Trinajstić information content (AvgIpc) is 2.40. The van der Waals surface area contributed by atoms with Crippen molar-refractivity contribution in [2.24, 2.45) is 5.92 Å². The second-order valence-electron chi connectivity index (χ2n) is 4.21. The molecule has 0 aromatic heterocycles. The number of hydrogen-bond donors (Lipinski definition) is 1. The van der Waals surface area contributed by atoms with Crippen LogP contribution in [0.2, 0.25) is 5.02 Å². The quantitative estimate of drug-likeness (QED) is 0.838.